The van der Waals surface area contributed by atoms with E-state index in [9.17, 15) is 0 Å². The van der Waals surface area contributed by atoms with Crippen LogP contribution >= 0.6 is 23.2 Å². The van der Waals surface area contributed by atoms with Crippen LogP contribution in [0.1, 0.15) is 25.7 Å². The lowest BCUT2D eigenvalue weighted by atomic mass is 9.98. The number of hydrogen-bond acceptors (Lipinski definition) is 2. The maximum Gasteiger partial charge on any atom is 0.0652 e. The molecule has 1 aromatic carbocycles. The second-order valence-corrected chi connectivity index (χ2v) is 6.33. The van der Waals surface area contributed by atoms with Gasteiger partial charge in [-0.25, -0.2) is 0 Å². The van der Waals surface area contributed by atoms with Gasteiger partial charge >= 0.3 is 0 Å². The standard InChI is InChI=1S/C14H18Cl2N2/c1-18-11-3-4-12(18)8-10(7-11)17-14-5-2-9(15)6-13(14)16/h2,5-6,10-12,17H,3-4,7-8H2,1H3. The molecule has 2 nitrogen and oxygen atoms in total. The van der Waals surface area contributed by atoms with Gasteiger partial charge in [-0.1, -0.05) is 23.2 Å². The van der Waals surface area contributed by atoms with Crippen molar-refractivity contribution in [3.63, 3.8) is 0 Å². The van der Waals surface area contributed by atoms with Crippen molar-refractivity contribution < 1.29 is 0 Å². The Morgan fingerprint density at radius 2 is 1.83 bits per heavy atom. The van der Waals surface area contributed by atoms with Crippen molar-refractivity contribution in [2.45, 2.75) is 43.8 Å². The predicted octanol–water partition coefficient (Wildman–Crippen LogP) is 4.03. The van der Waals surface area contributed by atoms with Gasteiger partial charge in [0, 0.05) is 23.1 Å². The van der Waals surface area contributed by atoms with Crippen LogP contribution in [0.5, 0.6) is 0 Å². The minimum absolute atomic E-state index is 0.539. The van der Waals surface area contributed by atoms with Gasteiger partial charge in [-0.05, 0) is 50.9 Å². The molecule has 98 valence electrons. The fourth-order valence-electron chi connectivity index (χ4n) is 3.36. The summed E-state index contributed by atoms with van der Waals surface area (Å²) >= 11 is 12.1. The average Bonchev–Trinajstić information content (AvgIpc) is 2.57. The molecule has 2 heterocycles. The molecule has 4 heteroatoms. The molecule has 0 spiro atoms. The molecule has 2 atom stereocenters. The van der Waals surface area contributed by atoms with E-state index >= 15 is 0 Å². The lowest BCUT2D eigenvalue weighted by Crippen LogP contribution is -2.44. The third-order valence-corrected chi connectivity index (χ3v) is 4.94. The zero-order chi connectivity index (χ0) is 12.7. The molecule has 2 aliphatic heterocycles. The molecular formula is C14H18Cl2N2. The van der Waals surface area contributed by atoms with Crippen LogP contribution in [0.2, 0.25) is 10.0 Å². The lowest BCUT2D eigenvalue weighted by Gasteiger charge is -2.37. The van der Waals surface area contributed by atoms with Gasteiger partial charge in [0.2, 0.25) is 0 Å². The molecule has 2 aliphatic rings. The van der Waals surface area contributed by atoms with Gasteiger partial charge in [-0.3, -0.25) is 0 Å². The number of piperidine rings is 1. The third kappa shape index (κ3) is 2.34. The molecule has 2 bridgehead atoms. The van der Waals surface area contributed by atoms with Crippen molar-refractivity contribution >= 4 is 28.9 Å². The van der Waals surface area contributed by atoms with E-state index in [2.05, 4.69) is 17.3 Å². The first-order chi connectivity index (χ1) is 8.63. The predicted molar refractivity (Wildman–Crippen MR) is 77.7 cm³/mol. The summed E-state index contributed by atoms with van der Waals surface area (Å²) in [7, 11) is 2.26. The van der Waals surface area contributed by atoms with E-state index in [4.69, 9.17) is 23.2 Å². The van der Waals surface area contributed by atoms with Crippen molar-refractivity contribution in [2.24, 2.45) is 0 Å². The fraction of sp³-hybridized carbons (Fsp3) is 0.571. The van der Waals surface area contributed by atoms with E-state index in [0.717, 1.165) is 17.8 Å². The van der Waals surface area contributed by atoms with Crippen molar-refractivity contribution in [1.82, 2.24) is 4.90 Å². The molecule has 2 saturated heterocycles. The smallest absolute Gasteiger partial charge is 0.0652 e. The van der Waals surface area contributed by atoms with Gasteiger partial charge in [0.05, 0.1) is 10.7 Å². The number of benzene rings is 1. The summed E-state index contributed by atoms with van der Waals surface area (Å²) in [5.41, 5.74) is 1.01. The highest BCUT2D eigenvalue weighted by atomic mass is 35.5. The summed E-state index contributed by atoms with van der Waals surface area (Å²) in [6, 6.07) is 7.69. The fourth-order valence-corrected chi connectivity index (χ4v) is 3.82. The van der Waals surface area contributed by atoms with E-state index in [0.29, 0.717) is 16.1 Å². The van der Waals surface area contributed by atoms with Crippen LogP contribution < -0.4 is 5.32 Å². The largest absolute Gasteiger partial charge is 0.381 e. The normalized spacial score (nSPS) is 31.6. The first-order valence-electron chi connectivity index (χ1n) is 6.57. The molecule has 3 rings (SSSR count). The number of nitrogens with one attached hydrogen (secondary N) is 1. The zero-order valence-corrected chi connectivity index (χ0v) is 12.0. The number of fused-ring (bicyclic) bond motifs is 2. The summed E-state index contributed by atoms with van der Waals surface area (Å²) in [6.45, 7) is 0. The van der Waals surface area contributed by atoms with Gasteiger partial charge < -0.3 is 10.2 Å². The van der Waals surface area contributed by atoms with Crippen LogP contribution in [0.4, 0.5) is 5.69 Å². The Kier molecular flexibility index (Phi) is 3.44. The van der Waals surface area contributed by atoms with Gasteiger partial charge in [-0.15, -0.1) is 0 Å². The molecule has 1 N–H and O–H groups in total. The Labute approximate surface area is 118 Å². The van der Waals surface area contributed by atoms with Gasteiger partial charge in [0.1, 0.15) is 0 Å². The SMILES string of the molecule is CN1C2CCC1CC(Nc1ccc(Cl)cc1Cl)C2. The van der Waals surface area contributed by atoms with E-state index in [-0.39, 0.29) is 0 Å². The number of rotatable bonds is 2. The summed E-state index contributed by atoms with van der Waals surface area (Å²) < 4.78 is 0. The number of anilines is 1. The van der Waals surface area contributed by atoms with E-state index in [1.54, 1.807) is 6.07 Å². The minimum atomic E-state index is 0.539. The summed E-state index contributed by atoms with van der Waals surface area (Å²) in [6.07, 6.45) is 5.11. The Balaban J connectivity index is 1.70. The van der Waals surface area contributed by atoms with E-state index in [1.165, 1.54) is 25.7 Å². The molecule has 0 aliphatic carbocycles. The minimum Gasteiger partial charge on any atom is -0.381 e. The Morgan fingerprint density at radius 1 is 1.17 bits per heavy atom. The van der Waals surface area contributed by atoms with Gasteiger partial charge in [0.15, 0.2) is 0 Å². The number of nitrogens with zero attached hydrogens (tertiary/aromatic N) is 1. The quantitative estimate of drug-likeness (QED) is 0.882. The van der Waals surface area contributed by atoms with E-state index in [1.807, 2.05) is 12.1 Å². The van der Waals surface area contributed by atoms with Crippen LogP contribution in [0, 0.1) is 0 Å². The van der Waals surface area contributed by atoms with Gasteiger partial charge in [-0.2, -0.15) is 0 Å². The number of hydrogen-bond donors (Lipinski definition) is 1. The second kappa shape index (κ2) is 4.92. The topological polar surface area (TPSA) is 15.3 Å². The Hall–Kier alpha value is -0.440. The summed E-state index contributed by atoms with van der Waals surface area (Å²) in [5, 5.41) is 4.99. The maximum absolute atomic E-state index is 6.21. The summed E-state index contributed by atoms with van der Waals surface area (Å²) in [5.74, 6) is 0. The highest BCUT2D eigenvalue weighted by molar-refractivity contribution is 6.36. The molecule has 0 aromatic heterocycles. The third-order valence-electron chi connectivity index (χ3n) is 4.39. The zero-order valence-electron chi connectivity index (χ0n) is 10.5. The molecular weight excluding hydrogens is 267 g/mol. The van der Waals surface area contributed by atoms with Crippen molar-refractivity contribution in [1.29, 1.82) is 0 Å². The molecule has 0 radical (unpaired) electrons. The van der Waals surface area contributed by atoms with Gasteiger partial charge in [0.25, 0.3) is 0 Å². The monoisotopic (exact) mass is 284 g/mol. The summed E-state index contributed by atoms with van der Waals surface area (Å²) in [4.78, 5) is 2.54. The molecule has 18 heavy (non-hydrogen) atoms. The highest BCUT2D eigenvalue weighted by Crippen LogP contribution is 2.36. The Morgan fingerprint density at radius 3 is 2.44 bits per heavy atom. The lowest BCUT2D eigenvalue weighted by molar-refractivity contribution is 0.169. The average molecular weight is 285 g/mol. The molecule has 0 saturated carbocycles. The van der Waals surface area contributed by atoms with Crippen molar-refractivity contribution in [2.75, 3.05) is 12.4 Å². The number of halogens is 2. The highest BCUT2D eigenvalue weighted by Gasteiger charge is 2.38. The second-order valence-electron chi connectivity index (χ2n) is 5.49. The van der Waals surface area contributed by atoms with Crippen molar-refractivity contribution in [3.05, 3.63) is 28.2 Å². The molecule has 2 unspecified atom stereocenters. The van der Waals surface area contributed by atoms with Crippen LogP contribution in [0.25, 0.3) is 0 Å². The maximum atomic E-state index is 6.21. The first-order valence-corrected chi connectivity index (χ1v) is 7.32. The van der Waals surface area contributed by atoms with Crippen molar-refractivity contribution in [3.8, 4) is 0 Å². The van der Waals surface area contributed by atoms with Crippen LogP contribution in [0.3, 0.4) is 0 Å². The van der Waals surface area contributed by atoms with Crippen LogP contribution in [-0.2, 0) is 0 Å². The molecule has 1 aromatic rings. The van der Waals surface area contributed by atoms with Crippen LogP contribution in [0.15, 0.2) is 18.2 Å². The molecule has 0 amide bonds. The first kappa shape index (κ1) is 12.6. The molecule has 2 fully saturated rings. The Bertz CT molecular complexity index is 435. The van der Waals surface area contributed by atoms with E-state index < -0.39 is 0 Å². The van der Waals surface area contributed by atoms with Crippen LogP contribution in [-0.4, -0.2) is 30.1 Å².